The lowest BCUT2D eigenvalue weighted by atomic mass is 10.1. The molecule has 1 N–H and O–H groups in total. The second-order valence-electron chi connectivity index (χ2n) is 8.75. The van der Waals surface area contributed by atoms with Gasteiger partial charge >= 0.3 is 0 Å². The molecule has 9 heteroatoms. The SMILES string of the molecule is CCc1ccc(N(CC(=O)N(Cc2ccc(OC)cc2)[C@@H](CC)C(=O)NC(C)C)S(C)(=O)=O)cc1. The van der Waals surface area contributed by atoms with Gasteiger partial charge in [0.2, 0.25) is 21.8 Å². The van der Waals surface area contributed by atoms with Gasteiger partial charge in [-0.15, -0.1) is 0 Å². The van der Waals surface area contributed by atoms with Crippen LogP contribution in [0.3, 0.4) is 0 Å². The Morgan fingerprint density at radius 3 is 2.00 bits per heavy atom. The highest BCUT2D eigenvalue weighted by Gasteiger charge is 2.32. The number of sulfonamides is 1. The van der Waals surface area contributed by atoms with Gasteiger partial charge in [0.1, 0.15) is 18.3 Å². The molecule has 2 amide bonds. The molecule has 0 saturated carbocycles. The van der Waals surface area contributed by atoms with Crippen LogP contribution in [0.25, 0.3) is 0 Å². The van der Waals surface area contributed by atoms with E-state index in [2.05, 4.69) is 5.32 Å². The van der Waals surface area contributed by atoms with Gasteiger partial charge in [0.25, 0.3) is 0 Å². The number of nitrogens with one attached hydrogen (secondary N) is 1. The van der Waals surface area contributed by atoms with Gasteiger partial charge in [0.05, 0.1) is 19.1 Å². The lowest BCUT2D eigenvalue weighted by Gasteiger charge is -2.33. The summed E-state index contributed by atoms with van der Waals surface area (Å²) < 4.78 is 31.6. The molecule has 0 aliphatic rings. The Morgan fingerprint density at radius 1 is 0.971 bits per heavy atom. The summed E-state index contributed by atoms with van der Waals surface area (Å²) in [6.45, 7) is 7.29. The number of carbonyl (C=O) groups excluding carboxylic acids is 2. The number of aryl methyl sites for hydroxylation is 1. The van der Waals surface area contributed by atoms with Crippen LogP contribution in [0.5, 0.6) is 5.75 Å². The van der Waals surface area contributed by atoms with Gasteiger partial charge < -0.3 is 15.0 Å². The van der Waals surface area contributed by atoms with Crippen molar-refractivity contribution in [1.82, 2.24) is 10.2 Å². The first-order valence-electron chi connectivity index (χ1n) is 11.8. The molecule has 35 heavy (non-hydrogen) atoms. The van der Waals surface area contributed by atoms with E-state index in [0.29, 0.717) is 17.9 Å². The van der Waals surface area contributed by atoms with Crippen LogP contribution >= 0.6 is 0 Å². The first kappa shape index (κ1) is 28.2. The molecule has 0 unspecified atom stereocenters. The van der Waals surface area contributed by atoms with Crippen molar-refractivity contribution in [2.24, 2.45) is 0 Å². The largest absolute Gasteiger partial charge is 0.497 e. The zero-order valence-electron chi connectivity index (χ0n) is 21.4. The molecule has 0 aliphatic carbocycles. The normalized spacial score (nSPS) is 12.2. The van der Waals surface area contributed by atoms with Gasteiger partial charge in [0.15, 0.2) is 0 Å². The first-order valence-corrected chi connectivity index (χ1v) is 13.6. The second kappa shape index (κ2) is 12.6. The van der Waals surface area contributed by atoms with Crippen molar-refractivity contribution in [2.45, 2.75) is 59.2 Å². The summed E-state index contributed by atoms with van der Waals surface area (Å²) in [4.78, 5) is 28.1. The summed E-state index contributed by atoms with van der Waals surface area (Å²) >= 11 is 0. The molecule has 0 saturated heterocycles. The van der Waals surface area contributed by atoms with E-state index in [1.807, 2.05) is 52.0 Å². The van der Waals surface area contributed by atoms with E-state index in [0.717, 1.165) is 28.1 Å². The molecule has 0 spiro atoms. The number of amides is 2. The maximum absolute atomic E-state index is 13.6. The third kappa shape index (κ3) is 7.99. The predicted molar refractivity (Wildman–Crippen MR) is 139 cm³/mol. The summed E-state index contributed by atoms with van der Waals surface area (Å²) in [5.41, 5.74) is 2.27. The van der Waals surface area contributed by atoms with Crippen LogP contribution in [0, 0.1) is 0 Å². The minimum Gasteiger partial charge on any atom is -0.497 e. The Kier molecular flexibility index (Phi) is 10.1. The molecule has 0 fully saturated rings. The number of benzene rings is 2. The second-order valence-corrected chi connectivity index (χ2v) is 10.7. The lowest BCUT2D eigenvalue weighted by Crippen LogP contribution is -2.53. The molecular formula is C26H37N3O5S. The molecule has 0 bridgehead atoms. The topological polar surface area (TPSA) is 96.0 Å². The number of carbonyl (C=O) groups is 2. The van der Waals surface area contributed by atoms with Crippen LogP contribution in [0.4, 0.5) is 5.69 Å². The predicted octanol–water partition coefficient (Wildman–Crippen LogP) is 3.36. The van der Waals surface area contributed by atoms with E-state index in [-0.39, 0.29) is 18.5 Å². The van der Waals surface area contributed by atoms with Gasteiger partial charge in [-0.05, 0) is 62.1 Å². The zero-order chi connectivity index (χ0) is 26.2. The molecule has 0 aromatic heterocycles. The van der Waals surface area contributed by atoms with E-state index < -0.39 is 28.5 Å². The Hall–Kier alpha value is -3.07. The number of hydrogen-bond acceptors (Lipinski definition) is 5. The van der Waals surface area contributed by atoms with Gasteiger partial charge in [-0.2, -0.15) is 0 Å². The third-order valence-electron chi connectivity index (χ3n) is 5.64. The van der Waals surface area contributed by atoms with Crippen LogP contribution < -0.4 is 14.4 Å². The summed E-state index contributed by atoms with van der Waals surface area (Å²) in [6, 6.07) is 13.4. The number of nitrogens with zero attached hydrogens (tertiary/aromatic N) is 2. The standard InChI is InChI=1S/C26H37N3O5S/c1-7-20-9-13-22(14-10-20)29(35(6,32)33)18-25(30)28(24(8-2)26(31)27-19(3)4)17-21-11-15-23(34-5)16-12-21/h9-16,19,24H,7-8,17-18H2,1-6H3,(H,27,31)/t24-/m0/s1. The highest BCUT2D eigenvalue weighted by atomic mass is 32.2. The van der Waals surface area contributed by atoms with Crippen molar-refractivity contribution in [3.63, 3.8) is 0 Å². The molecule has 8 nitrogen and oxygen atoms in total. The monoisotopic (exact) mass is 503 g/mol. The molecule has 0 radical (unpaired) electrons. The molecule has 0 heterocycles. The van der Waals surface area contributed by atoms with Crippen molar-refractivity contribution < 1.29 is 22.7 Å². The highest BCUT2D eigenvalue weighted by molar-refractivity contribution is 7.92. The summed E-state index contributed by atoms with van der Waals surface area (Å²) in [5, 5.41) is 2.88. The van der Waals surface area contributed by atoms with Crippen LogP contribution in [0.15, 0.2) is 48.5 Å². The Labute approximate surface area is 209 Å². The summed E-state index contributed by atoms with van der Waals surface area (Å²) in [6.07, 6.45) is 2.27. The number of ether oxygens (including phenoxy) is 1. The number of anilines is 1. The molecule has 0 aliphatic heterocycles. The quantitative estimate of drug-likeness (QED) is 0.479. The Bertz CT molecular complexity index is 1080. The van der Waals surface area contributed by atoms with Crippen molar-refractivity contribution in [1.29, 1.82) is 0 Å². The van der Waals surface area contributed by atoms with Crippen LogP contribution in [-0.4, -0.2) is 57.1 Å². The van der Waals surface area contributed by atoms with Crippen LogP contribution in [0.1, 0.15) is 45.2 Å². The van der Waals surface area contributed by atoms with Gasteiger partial charge in [-0.25, -0.2) is 8.42 Å². The maximum atomic E-state index is 13.6. The van der Waals surface area contributed by atoms with Crippen molar-refractivity contribution in [3.8, 4) is 5.75 Å². The molecule has 2 aromatic carbocycles. The molecular weight excluding hydrogens is 466 g/mol. The summed E-state index contributed by atoms with van der Waals surface area (Å²) in [5.74, 6) is -0.0610. The van der Waals surface area contributed by atoms with Crippen molar-refractivity contribution in [2.75, 3.05) is 24.2 Å². The highest BCUT2D eigenvalue weighted by Crippen LogP contribution is 2.21. The van der Waals surface area contributed by atoms with E-state index in [4.69, 9.17) is 4.74 Å². The smallest absolute Gasteiger partial charge is 0.244 e. The van der Waals surface area contributed by atoms with E-state index in [9.17, 15) is 18.0 Å². The fourth-order valence-electron chi connectivity index (χ4n) is 3.74. The average Bonchev–Trinajstić information content (AvgIpc) is 2.81. The Balaban J connectivity index is 2.42. The molecule has 192 valence electrons. The maximum Gasteiger partial charge on any atom is 0.244 e. The van der Waals surface area contributed by atoms with Gasteiger partial charge in [-0.3, -0.25) is 13.9 Å². The van der Waals surface area contributed by atoms with Crippen LogP contribution in [0.2, 0.25) is 0 Å². The first-order chi connectivity index (χ1) is 16.5. The number of hydrogen-bond donors (Lipinski definition) is 1. The number of methoxy groups -OCH3 is 1. The minimum absolute atomic E-state index is 0.0981. The Morgan fingerprint density at radius 2 is 1.54 bits per heavy atom. The lowest BCUT2D eigenvalue weighted by molar-refractivity contribution is -0.140. The van der Waals surface area contributed by atoms with Gasteiger partial charge in [-0.1, -0.05) is 38.1 Å². The van der Waals surface area contributed by atoms with Gasteiger partial charge in [0, 0.05) is 12.6 Å². The average molecular weight is 504 g/mol. The van der Waals surface area contributed by atoms with E-state index in [1.165, 1.54) is 4.90 Å². The fourth-order valence-corrected chi connectivity index (χ4v) is 4.59. The van der Waals surface area contributed by atoms with Crippen molar-refractivity contribution >= 4 is 27.5 Å². The number of rotatable bonds is 12. The van der Waals surface area contributed by atoms with E-state index in [1.54, 1.807) is 31.4 Å². The molecule has 2 aromatic rings. The van der Waals surface area contributed by atoms with Crippen molar-refractivity contribution in [3.05, 3.63) is 59.7 Å². The third-order valence-corrected chi connectivity index (χ3v) is 6.78. The molecule has 1 atom stereocenters. The van der Waals surface area contributed by atoms with E-state index >= 15 is 0 Å². The molecule has 2 rings (SSSR count). The zero-order valence-corrected chi connectivity index (χ0v) is 22.3. The minimum atomic E-state index is -3.75. The fraction of sp³-hybridized carbons (Fsp3) is 0.462. The summed E-state index contributed by atoms with van der Waals surface area (Å²) in [7, 11) is -2.18. The van der Waals surface area contributed by atoms with Crippen LogP contribution in [-0.2, 0) is 32.6 Å².